The zero-order valence-electron chi connectivity index (χ0n) is 10.9. The van der Waals surface area contributed by atoms with Crippen LogP contribution in [0.3, 0.4) is 0 Å². The van der Waals surface area contributed by atoms with Gasteiger partial charge < -0.3 is 15.0 Å². The Labute approximate surface area is 107 Å². The first-order valence-electron chi connectivity index (χ1n) is 6.48. The summed E-state index contributed by atoms with van der Waals surface area (Å²) in [6.45, 7) is 3.49. The fraction of sp³-hybridized carbons (Fsp3) is 0.500. The van der Waals surface area contributed by atoms with Gasteiger partial charge in [-0.3, -0.25) is 0 Å². The maximum atomic E-state index is 5.78. The van der Waals surface area contributed by atoms with Gasteiger partial charge in [0.05, 0.1) is 17.1 Å². The van der Waals surface area contributed by atoms with E-state index in [2.05, 4.69) is 24.6 Å². The summed E-state index contributed by atoms with van der Waals surface area (Å²) >= 11 is 0. The van der Waals surface area contributed by atoms with Crippen LogP contribution >= 0.6 is 0 Å². The van der Waals surface area contributed by atoms with Gasteiger partial charge in [0, 0.05) is 26.1 Å². The van der Waals surface area contributed by atoms with Gasteiger partial charge in [0.1, 0.15) is 5.82 Å². The van der Waals surface area contributed by atoms with Gasteiger partial charge in [-0.25, -0.2) is 4.98 Å². The molecule has 0 amide bonds. The van der Waals surface area contributed by atoms with Gasteiger partial charge in [-0.15, -0.1) is 0 Å². The van der Waals surface area contributed by atoms with Crippen LogP contribution in [0.4, 0.5) is 0 Å². The number of hydrogen-bond acceptors (Lipinski definition) is 3. The Balaban J connectivity index is 2.16. The number of rotatable bonds is 2. The zero-order valence-corrected chi connectivity index (χ0v) is 10.9. The number of para-hydroxylation sites is 1. The van der Waals surface area contributed by atoms with Crippen molar-refractivity contribution in [3.63, 3.8) is 0 Å². The van der Waals surface area contributed by atoms with Crippen molar-refractivity contribution in [3.8, 4) is 0 Å². The van der Waals surface area contributed by atoms with E-state index in [1.807, 2.05) is 12.1 Å². The molecule has 96 valence electrons. The molecule has 0 saturated carbocycles. The van der Waals surface area contributed by atoms with E-state index in [4.69, 9.17) is 15.5 Å². The van der Waals surface area contributed by atoms with Crippen LogP contribution in [-0.2, 0) is 18.3 Å². The fourth-order valence-corrected chi connectivity index (χ4v) is 2.86. The third kappa shape index (κ3) is 1.64. The smallest absolute Gasteiger partial charge is 0.115 e. The maximum Gasteiger partial charge on any atom is 0.115 e. The molecule has 2 heterocycles. The standard InChI is InChI=1S/C14H19N3O/c1-9-11(6-7-18-9)14-16-13-10(8-15)4-3-5-12(13)17(14)2/h3-5,9,11H,6-8,15H2,1-2H3. The average molecular weight is 245 g/mol. The number of fused-ring (bicyclic) bond motifs is 1. The maximum absolute atomic E-state index is 5.78. The summed E-state index contributed by atoms with van der Waals surface area (Å²) in [6.07, 6.45) is 1.30. The van der Waals surface area contributed by atoms with Gasteiger partial charge in [0.25, 0.3) is 0 Å². The quantitative estimate of drug-likeness (QED) is 0.879. The molecule has 3 rings (SSSR count). The van der Waals surface area contributed by atoms with Crippen molar-refractivity contribution in [3.05, 3.63) is 29.6 Å². The Kier molecular flexibility index (Phi) is 2.84. The van der Waals surface area contributed by atoms with Crippen LogP contribution in [0, 0.1) is 0 Å². The minimum Gasteiger partial charge on any atom is -0.378 e. The lowest BCUT2D eigenvalue weighted by molar-refractivity contribution is 0.117. The Morgan fingerprint density at radius 1 is 1.50 bits per heavy atom. The largest absolute Gasteiger partial charge is 0.378 e. The molecule has 4 heteroatoms. The summed E-state index contributed by atoms with van der Waals surface area (Å²) in [5.41, 5.74) is 9.09. The first kappa shape index (κ1) is 11.7. The molecule has 0 aliphatic carbocycles. The highest BCUT2D eigenvalue weighted by Crippen LogP contribution is 2.32. The molecule has 2 atom stereocenters. The normalized spacial score (nSPS) is 23.9. The van der Waals surface area contributed by atoms with E-state index in [0.29, 0.717) is 12.5 Å². The number of nitrogens with zero attached hydrogens (tertiary/aromatic N) is 2. The second-order valence-corrected chi connectivity index (χ2v) is 4.99. The van der Waals surface area contributed by atoms with Crippen molar-refractivity contribution in [2.45, 2.75) is 31.9 Å². The Morgan fingerprint density at radius 3 is 3.00 bits per heavy atom. The molecular formula is C14H19N3O. The molecule has 1 fully saturated rings. The minimum atomic E-state index is 0.252. The van der Waals surface area contributed by atoms with E-state index in [0.717, 1.165) is 35.4 Å². The van der Waals surface area contributed by atoms with Gasteiger partial charge in [0.15, 0.2) is 0 Å². The molecule has 0 spiro atoms. The van der Waals surface area contributed by atoms with E-state index in [1.54, 1.807) is 0 Å². The molecule has 2 aromatic rings. The molecule has 1 aliphatic rings. The van der Waals surface area contributed by atoms with Crippen LogP contribution in [0.1, 0.15) is 30.7 Å². The second-order valence-electron chi connectivity index (χ2n) is 4.99. The molecule has 1 aromatic carbocycles. The van der Waals surface area contributed by atoms with Crippen molar-refractivity contribution in [1.29, 1.82) is 0 Å². The van der Waals surface area contributed by atoms with Crippen LogP contribution in [0.25, 0.3) is 11.0 Å². The van der Waals surface area contributed by atoms with Gasteiger partial charge in [-0.1, -0.05) is 12.1 Å². The molecule has 18 heavy (non-hydrogen) atoms. The van der Waals surface area contributed by atoms with E-state index >= 15 is 0 Å². The summed E-state index contributed by atoms with van der Waals surface area (Å²) in [6, 6.07) is 6.20. The summed E-state index contributed by atoms with van der Waals surface area (Å²) in [4.78, 5) is 4.82. The number of nitrogens with two attached hydrogens (primary N) is 1. The monoisotopic (exact) mass is 245 g/mol. The van der Waals surface area contributed by atoms with Gasteiger partial charge >= 0.3 is 0 Å². The molecular weight excluding hydrogens is 226 g/mol. The van der Waals surface area contributed by atoms with Gasteiger partial charge in [-0.05, 0) is 25.0 Å². The van der Waals surface area contributed by atoms with Gasteiger partial charge in [-0.2, -0.15) is 0 Å². The highest BCUT2D eigenvalue weighted by atomic mass is 16.5. The number of aromatic nitrogens is 2. The predicted octanol–water partition coefficient (Wildman–Crippen LogP) is 1.92. The van der Waals surface area contributed by atoms with Crippen molar-refractivity contribution >= 4 is 11.0 Å². The van der Waals surface area contributed by atoms with Crippen LogP contribution in [0.2, 0.25) is 0 Å². The molecule has 1 saturated heterocycles. The first-order chi connectivity index (χ1) is 8.72. The van der Waals surface area contributed by atoms with E-state index in [9.17, 15) is 0 Å². The molecule has 1 aliphatic heterocycles. The Morgan fingerprint density at radius 2 is 2.33 bits per heavy atom. The van der Waals surface area contributed by atoms with Crippen molar-refractivity contribution in [2.24, 2.45) is 12.8 Å². The topological polar surface area (TPSA) is 53.1 Å². The van der Waals surface area contributed by atoms with E-state index in [-0.39, 0.29) is 6.10 Å². The highest BCUT2D eigenvalue weighted by molar-refractivity contribution is 5.79. The number of benzene rings is 1. The summed E-state index contributed by atoms with van der Waals surface area (Å²) in [5.74, 6) is 1.52. The van der Waals surface area contributed by atoms with E-state index in [1.165, 1.54) is 0 Å². The fourth-order valence-electron chi connectivity index (χ4n) is 2.86. The van der Waals surface area contributed by atoms with Crippen molar-refractivity contribution in [2.75, 3.05) is 6.61 Å². The first-order valence-corrected chi connectivity index (χ1v) is 6.48. The summed E-state index contributed by atoms with van der Waals surface area (Å²) in [5, 5.41) is 0. The summed E-state index contributed by atoms with van der Waals surface area (Å²) < 4.78 is 7.83. The molecule has 2 unspecified atom stereocenters. The lowest BCUT2D eigenvalue weighted by Crippen LogP contribution is -2.13. The third-order valence-electron chi connectivity index (χ3n) is 3.96. The third-order valence-corrected chi connectivity index (χ3v) is 3.96. The predicted molar refractivity (Wildman–Crippen MR) is 71.4 cm³/mol. The molecule has 1 aromatic heterocycles. The van der Waals surface area contributed by atoms with Crippen LogP contribution in [0.15, 0.2) is 18.2 Å². The SMILES string of the molecule is CC1OCCC1c1nc2c(CN)cccc2n1C. The van der Waals surface area contributed by atoms with Crippen molar-refractivity contribution in [1.82, 2.24) is 9.55 Å². The minimum absolute atomic E-state index is 0.252. The number of hydrogen-bond donors (Lipinski definition) is 1. The van der Waals surface area contributed by atoms with Crippen LogP contribution in [0.5, 0.6) is 0 Å². The lowest BCUT2D eigenvalue weighted by atomic mass is 10.0. The van der Waals surface area contributed by atoms with E-state index < -0.39 is 0 Å². The Bertz CT molecular complexity index is 576. The van der Waals surface area contributed by atoms with Crippen LogP contribution in [-0.4, -0.2) is 22.3 Å². The Hall–Kier alpha value is -1.39. The van der Waals surface area contributed by atoms with Gasteiger partial charge in [0.2, 0.25) is 0 Å². The molecule has 0 radical (unpaired) electrons. The molecule has 0 bridgehead atoms. The molecule has 2 N–H and O–H groups in total. The number of aryl methyl sites for hydroxylation is 1. The molecule has 4 nitrogen and oxygen atoms in total. The van der Waals surface area contributed by atoms with Crippen LogP contribution < -0.4 is 5.73 Å². The average Bonchev–Trinajstić information content (AvgIpc) is 2.93. The second kappa shape index (κ2) is 4.37. The lowest BCUT2D eigenvalue weighted by Gasteiger charge is -2.13. The summed E-state index contributed by atoms with van der Waals surface area (Å²) in [7, 11) is 2.08. The highest BCUT2D eigenvalue weighted by Gasteiger charge is 2.30. The number of imidazole rings is 1. The number of ether oxygens (including phenoxy) is 1. The van der Waals surface area contributed by atoms with Crippen molar-refractivity contribution < 1.29 is 4.74 Å². The zero-order chi connectivity index (χ0) is 12.7.